The third-order valence-corrected chi connectivity index (χ3v) is 5.74. The van der Waals surface area contributed by atoms with Crippen LogP contribution in [0.5, 0.6) is 5.75 Å². The fraction of sp³-hybridized carbons (Fsp3) is 0.440. The lowest BCUT2D eigenvalue weighted by atomic mass is 9.95. The van der Waals surface area contributed by atoms with Gasteiger partial charge in [-0.05, 0) is 44.4 Å². The molecule has 0 unspecified atom stereocenters. The summed E-state index contributed by atoms with van der Waals surface area (Å²) in [6, 6.07) is 13.3. The van der Waals surface area contributed by atoms with Gasteiger partial charge in [-0.1, -0.05) is 61.2 Å². The summed E-state index contributed by atoms with van der Waals surface area (Å²) in [6.45, 7) is 3.65. The lowest BCUT2D eigenvalue weighted by Crippen LogP contribution is -2.51. The molecule has 0 bridgehead atoms. The second kappa shape index (κ2) is 10.9. The number of nitrogens with one attached hydrogen (secondary N) is 1. The van der Waals surface area contributed by atoms with Gasteiger partial charge in [0.25, 0.3) is 5.91 Å². The first-order chi connectivity index (χ1) is 14.9. The van der Waals surface area contributed by atoms with Crippen LogP contribution in [0.15, 0.2) is 48.5 Å². The molecule has 0 spiro atoms. The fourth-order valence-corrected chi connectivity index (χ4v) is 3.94. The number of carbonyl (C=O) groups is 2. The third-order valence-electron chi connectivity index (χ3n) is 5.74. The summed E-state index contributed by atoms with van der Waals surface area (Å²) in [7, 11) is 0. The Morgan fingerprint density at radius 2 is 1.87 bits per heavy atom. The number of ether oxygens (including phenoxy) is 1. The number of carbonyl (C=O) groups excluding carboxylic acids is 2. The molecule has 1 N–H and O–H groups in total. The number of hydrogen-bond donors (Lipinski definition) is 1. The minimum Gasteiger partial charge on any atom is -0.481 e. The number of aryl methyl sites for hydroxylation is 1. The number of nitrogens with zero attached hydrogens (tertiary/aromatic N) is 1. The normalized spacial score (nSPS) is 15.2. The lowest BCUT2D eigenvalue weighted by molar-refractivity contribution is -0.142. The SMILES string of the molecule is Cc1cccc(CN(C(=O)COc2ccccc2F)[C@@H](C)C(=O)NC2CCCCC2)c1. The summed E-state index contributed by atoms with van der Waals surface area (Å²) >= 11 is 0. The van der Waals surface area contributed by atoms with E-state index in [0.717, 1.165) is 36.8 Å². The topological polar surface area (TPSA) is 58.6 Å². The molecule has 0 aliphatic heterocycles. The maximum atomic E-state index is 13.9. The van der Waals surface area contributed by atoms with E-state index in [1.807, 2.05) is 31.2 Å². The van der Waals surface area contributed by atoms with Crippen molar-refractivity contribution in [2.45, 2.75) is 64.6 Å². The zero-order chi connectivity index (χ0) is 22.2. The average molecular weight is 427 g/mol. The van der Waals surface area contributed by atoms with Gasteiger partial charge >= 0.3 is 0 Å². The Kier molecular flexibility index (Phi) is 8.04. The molecule has 0 aromatic heterocycles. The van der Waals surface area contributed by atoms with Crippen molar-refractivity contribution in [3.63, 3.8) is 0 Å². The maximum absolute atomic E-state index is 13.9. The molecule has 1 fully saturated rings. The molecule has 166 valence electrons. The predicted octanol–water partition coefficient (Wildman–Crippen LogP) is 4.38. The minimum atomic E-state index is -0.667. The summed E-state index contributed by atoms with van der Waals surface area (Å²) in [4.78, 5) is 27.5. The van der Waals surface area contributed by atoms with Crippen molar-refractivity contribution < 1.29 is 18.7 Å². The van der Waals surface area contributed by atoms with Crippen molar-refractivity contribution in [3.05, 3.63) is 65.5 Å². The first-order valence-electron chi connectivity index (χ1n) is 11.0. The summed E-state index contributed by atoms with van der Waals surface area (Å²) in [5, 5.41) is 3.10. The first kappa shape index (κ1) is 22.8. The average Bonchev–Trinajstić information content (AvgIpc) is 2.77. The van der Waals surface area contributed by atoms with E-state index in [-0.39, 0.29) is 36.8 Å². The van der Waals surface area contributed by atoms with Gasteiger partial charge in [-0.25, -0.2) is 4.39 Å². The van der Waals surface area contributed by atoms with Crippen LogP contribution in [0.2, 0.25) is 0 Å². The van der Waals surface area contributed by atoms with Crippen molar-refractivity contribution in [3.8, 4) is 5.75 Å². The van der Waals surface area contributed by atoms with Crippen LogP contribution in [0.1, 0.15) is 50.2 Å². The highest BCUT2D eigenvalue weighted by Gasteiger charge is 2.28. The highest BCUT2D eigenvalue weighted by Crippen LogP contribution is 2.19. The Labute approximate surface area is 183 Å². The minimum absolute atomic E-state index is 0.0191. The zero-order valence-corrected chi connectivity index (χ0v) is 18.3. The molecule has 0 heterocycles. The summed E-state index contributed by atoms with van der Waals surface area (Å²) in [6.07, 6.45) is 5.37. The monoisotopic (exact) mass is 426 g/mol. The van der Waals surface area contributed by atoms with Crippen LogP contribution in [0.4, 0.5) is 4.39 Å². The summed E-state index contributed by atoms with van der Waals surface area (Å²) in [5.41, 5.74) is 2.00. The molecule has 2 aromatic rings. The highest BCUT2D eigenvalue weighted by atomic mass is 19.1. The van der Waals surface area contributed by atoms with Crippen LogP contribution in [0.25, 0.3) is 0 Å². The van der Waals surface area contributed by atoms with Gasteiger partial charge in [-0.15, -0.1) is 0 Å². The number of halogens is 1. The molecule has 0 radical (unpaired) electrons. The van der Waals surface area contributed by atoms with Crippen LogP contribution in [-0.2, 0) is 16.1 Å². The van der Waals surface area contributed by atoms with Gasteiger partial charge in [-0.2, -0.15) is 0 Å². The van der Waals surface area contributed by atoms with Gasteiger partial charge in [0.2, 0.25) is 5.91 Å². The van der Waals surface area contributed by atoms with E-state index >= 15 is 0 Å². The molecular formula is C25H31FN2O3. The maximum Gasteiger partial charge on any atom is 0.261 e. The number of hydrogen-bond acceptors (Lipinski definition) is 3. The molecule has 0 saturated heterocycles. The van der Waals surface area contributed by atoms with Crippen LogP contribution >= 0.6 is 0 Å². The molecular weight excluding hydrogens is 395 g/mol. The third kappa shape index (κ3) is 6.54. The van der Waals surface area contributed by atoms with E-state index in [1.54, 1.807) is 19.1 Å². The van der Waals surface area contributed by atoms with Crippen molar-refractivity contribution in [1.82, 2.24) is 10.2 Å². The Morgan fingerprint density at radius 1 is 1.13 bits per heavy atom. The summed E-state index contributed by atoms with van der Waals surface area (Å²) in [5.74, 6) is -1.04. The number of rotatable bonds is 8. The molecule has 2 aromatic carbocycles. The van der Waals surface area contributed by atoms with Crippen molar-refractivity contribution in [2.75, 3.05) is 6.61 Å². The second-order valence-corrected chi connectivity index (χ2v) is 8.25. The number of para-hydroxylation sites is 1. The van der Waals surface area contributed by atoms with Gasteiger partial charge < -0.3 is 15.0 Å². The smallest absolute Gasteiger partial charge is 0.261 e. The van der Waals surface area contributed by atoms with E-state index in [2.05, 4.69) is 5.32 Å². The first-order valence-corrected chi connectivity index (χ1v) is 11.0. The summed E-state index contributed by atoms with van der Waals surface area (Å²) < 4.78 is 19.3. The molecule has 2 amide bonds. The van der Waals surface area contributed by atoms with Gasteiger partial charge in [0.05, 0.1) is 0 Å². The van der Waals surface area contributed by atoms with Crippen molar-refractivity contribution in [2.24, 2.45) is 0 Å². The van der Waals surface area contributed by atoms with Gasteiger partial charge in [0.15, 0.2) is 18.2 Å². The Morgan fingerprint density at radius 3 is 2.58 bits per heavy atom. The molecule has 1 aliphatic rings. The highest BCUT2D eigenvalue weighted by molar-refractivity contribution is 5.88. The van der Waals surface area contributed by atoms with E-state index in [0.29, 0.717) is 0 Å². The standard InChI is InChI=1S/C25H31FN2O3/c1-18-9-8-10-20(15-18)16-28(19(2)25(30)27-21-11-4-3-5-12-21)24(29)17-31-23-14-7-6-13-22(23)26/h6-10,13-15,19,21H,3-5,11-12,16-17H2,1-2H3,(H,27,30)/t19-/m0/s1. The van der Waals surface area contributed by atoms with E-state index in [4.69, 9.17) is 4.74 Å². The van der Waals surface area contributed by atoms with Gasteiger partial charge in [-0.3, -0.25) is 9.59 Å². The van der Waals surface area contributed by atoms with Crippen LogP contribution < -0.4 is 10.1 Å². The van der Waals surface area contributed by atoms with Crippen molar-refractivity contribution in [1.29, 1.82) is 0 Å². The zero-order valence-electron chi connectivity index (χ0n) is 18.3. The Hall–Kier alpha value is -2.89. The fourth-order valence-electron chi connectivity index (χ4n) is 3.94. The van der Waals surface area contributed by atoms with E-state index in [9.17, 15) is 14.0 Å². The molecule has 3 rings (SSSR count). The Balaban J connectivity index is 1.71. The van der Waals surface area contributed by atoms with Crippen LogP contribution in [-0.4, -0.2) is 35.4 Å². The van der Waals surface area contributed by atoms with E-state index in [1.165, 1.54) is 23.5 Å². The molecule has 31 heavy (non-hydrogen) atoms. The molecule has 5 nitrogen and oxygen atoms in total. The second-order valence-electron chi connectivity index (χ2n) is 8.25. The van der Waals surface area contributed by atoms with Crippen molar-refractivity contribution >= 4 is 11.8 Å². The molecule has 6 heteroatoms. The van der Waals surface area contributed by atoms with Gasteiger partial charge in [0, 0.05) is 12.6 Å². The molecule has 1 saturated carbocycles. The van der Waals surface area contributed by atoms with E-state index < -0.39 is 11.9 Å². The largest absolute Gasteiger partial charge is 0.481 e. The number of benzene rings is 2. The lowest BCUT2D eigenvalue weighted by Gasteiger charge is -2.31. The molecule has 1 aliphatic carbocycles. The van der Waals surface area contributed by atoms with Crippen LogP contribution in [0, 0.1) is 12.7 Å². The predicted molar refractivity (Wildman–Crippen MR) is 118 cm³/mol. The van der Waals surface area contributed by atoms with Gasteiger partial charge in [0.1, 0.15) is 6.04 Å². The Bertz CT molecular complexity index is 896. The van der Waals surface area contributed by atoms with Crippen LogP contribution in [0.3, 0.4) is 0 Å². The quantitative estimate of drug-likeness (QED) is 0.682. The molecule has 1 atom stereocenters. The number of amides is 2.